The lowest BCUT2D eigenvalue weighted by atomic mass is 10.2. The number of alkyl halides is 3. The summed E-state index contributed by atoms with van der Waals surface area (Å²) in [5, 5.41) is 2.36. The highest BCUT2D eigenvalue weighted by Crippen LogP contribution is 2.24. The van der Waals surface area contributed by atoms with E-state index in [0.29, 0.717) is 13.1 Å². The average molecular weight is 474 g/mol. The number of hydrogen-bond acceptors (Lipinski definition) is 6. The Hall–Kier alpha value is -3.12. The van der Waals surface area contributed by atoms with Crippen molar-refractivity contribution < 1.29 is 40.7 Å². The van der Waals surface area contributed by atoms with E-state index < -0.39 is 40.6 Å². The topological polar surface area (TPSA) is 102 Å². The minimum absolute atomic E-state index is 0.0217. The molecular formula is C20H21F3N2O6S. The summed E-state index contributed by atoms with van der Waals surface area (Å²) in [6.45, 7) is 3.37. The quantitative estimate of drug-likeness (QED) is 0.559. The van der Waals surface area contributed by atoms with Gasteiger partial charge in [-0.2, -0.15) is 4.31 Å². The second-order valence-corrected chi connectivity index (χ2v) is 8.25. The van der Waals surface area contributed by atoms with Crippen molar-refractivity contribution in [3.63, 3.8) is 0 Å². The van der Waals surface area contributed by atoms with E-state index in [2.05, 4.69) is 10.1 Å². The first-order valence-corrected chi connectivity index (χ1v) is 10.8. The molecule has 8 nitrogen and oxygen atoms in total. The highest BCUT2D eigenvalue weighted by atomic mass is 32.2. The molecule has 0 aliphatic rings. The molecule has 2 aromatic carbocycles. The third kappa shape index (κ3) is 6.95. The molecule has 12 heteroatoms. The SMILES string of the molecule is CCN(CC)S(=O)(=O)c1ccc(C(=O)OCC(=O)Nc2ccc(OC(F)(F)F)cc2)cc1. The molecule has 0 spiro atoms. The van der Waals surface area contributed by atoms with Crippen molar-refractivity contribution in [1.29, 1.82) is 0 Å². The van der Waals surface area contributed by atoms with Crippen LogP contribution in [-0.2, 0) is 19.6 Å². The number of nitrogens with one attached hydrogen (secondary N) is 1. The number of anilines is 1. The van der Waals surface area contributed by atoms with Crippen molar-refractivity contribution in [3.05, 3.63) is 54.1 Å². The highest BCUT2D eigenvalue weighted by molar-refractivity contribution is 7.89. The molecule has 0 radical (unpaired) electrons. The monoisotopic (exact) mass is 474 g/mol. The molecular weight excluding hydrogens is 453 g/mol. The number of sulfonamides is 1. The molecule has 2 aromatic rings. The first kappa shape index (κ1) is 25.1. The van der Waals surface area contributed by atoms with Gasteiger partial charge in [-0.3, -0.25) is 4.79 Å². The van der Waals surface area contributed by atoms with Gasteiger partial charge in [0, 0.05) is 18.8 Å². The second-order valence-electron chi connectivity index (χ2n) is 6.31. The summed E-state index contributed by atoms with van der Waals surface area (Å²) in [7, 11) is -3.67. The largest absolute Gasteiger partial charge is 0.573 e. The lowest BCUT2D eigenvalue weighted by Gasteiger charge is -2.18. The van der Waals surface area contributed by atoms with Crippen LogP contribution in [0.3, 0.4) is 0 Å². The zero-order chi connectivity index (χ0) is 23.9. The van der Waals surface area contributed by atoms with Crippen molar-refractivity contribution in [3.8, 4) is 5.75 Å². The second kappa shape index (κ2) is 10.5. The van der Waals surface area contributed by atoms with Gasteiger partial charge >= 0.3 is 12.3 Å². The molecule has 2 rings (SSSR count). The van der Waals surface area contributed by atoms with E-state index in [-0.39, 0.29) is 16.1 Å². The molecule has 0 saturated carbocycles. The Kier molecular flexibility index (Phi) is 8.22. The summed E-state index contributed by atoms with van der Waals surface area (Å²) < 4.78 is 71.2. The summed E-state index contributed by atoms with van der Waals surface area (Å²) >= 11 is 0. The molecule has 32 heavy (non-hydrogen) atoms. The van der Waals surface area contributed by atoms with Crippen molar-refractivity contribution in [1.82, 2.24) is 4.31 Å². The predicted molar refractivity (Wildman–Crippen MR) is 109 cm³/mol. The number of amides is 1. The fourth-order valence-corrected chi connectivity index (χ4v) is 4.09. The minimum atomic E-state index is -4.83. The number of benzene rings is 2. The maximum Gasteiger partial charge on any atom is 0.573 e. The van der Waals surface area contributed by atoms with Crippen molar-refractivity contribution in [2.24, 2.45) is 0 Å². The third-order valence-corrected chi connectivity index (χ3v) is 6.20. The minimum Gasteiger partial charge on any atom is -0.452 e. The van der Waals surface area contributed by atoms with Gasteiger partial charge in [-0.25, -0.2) is 13.2 Å². The van der Waals surface area contributed by atoms with E-state index in [1.807, 2.05) is 0 Å². The first-order valence-electron chi connectivity index (χ1n) is 9.39. The van der Waals surface area contributed by atoms with Crippen molar-refractivity contribution in [2.75, 3.05) is 25.0 Å². The number of carbonyl (C=O) groups excluding carboxylic acids is 2. The fraction of sp³-hybridized carbons (Fsp3) is 0.300. The van der Waals surface area contributed by atoms with E-state index >= 15 is 0 Å². The number of ether oxygens (including phenoxy) is 2. The number of rotatable bonds is 9. The van der Waals surface area contributed by atoms with Crippen LogP contribution >= 0.6 is 0 Å². The predicted octanol–water partition coefficient (Wildman–Crippen LogP) is 3.41. The molecule has 0 fully saturated rings. The van der Waals surface area contributed by atoms with Gasteiger partial charge in [-0.15, -0.1) is 13.2 Å². The summed E-state index contributed by atoms with van der Waals surface area (Å²) in [6, 6.07) is 9.51. The van der Waals surface area contributed by atoms with Gasteiger partial charge in [-0.1, -0.05) is 13.8 Å². The van der Waals surface area contributed by atoms with E-state index in [1.54, 1.807) is 13.8 Å². The van der Waals surface area contributed by atoms with Crippen LogP contribution in [-0.4, -0.2) is 50.7 Å². The maximum atomic E-state index is 12.4. The van der Waals surface area contributed by atoms with E-state index in [1.165, 1.54) is 40.7 Å². The Labute approximate surface area is 183 Å². The summed E-state index contributed by atoms with van der Waals surface area (Å²) in [5.74, 6) is -2.02. The zero-order valence-electron chi connectivity index (χ0n) is 17.2. The Morgan fingerprint density at radius 2 is 1.53 bits per heavy atom. The lowest BCUT2D eigenvalue weighted by Crippen LogP contribution is -2.30. The number of halogens is 3. The van der Waals surface area contributed by atoms with E-state index in [4.69, 9.17) is 4.74 Å². The normalized spacial score (nSPS) is 11.8. The Morgan fingerprint density at radius 1 is 0.969 bits per heavy atom. The van der Waals surface area contributed by atoms with Gasteiger partial charge in [0.25, 0.3) is 5.91 Å². The molecule has 1 amide bonds. The maximum absolute atomic E-state index is 12.4. The fourth-order valence-electron chi connectivity index (χ4n) is 2.63. The summed E-state index contributed by atoms with van der Waals surface area (Å²) in [6.07, 6.45) is -4.83. The standard InChI is InChI=1S/C20H21F3N2O6S/c1-3-25(4-2)32(28,29)17-11-5-14(6-12-17)19(27)30-13-18(26)24-15-7-9-16(10-8-15)31-20(21,22)23/h5-12H,3-4,13H2,1-2H3,(H,24,26). The molecule has 0 atom stereocenters. The van der Waals surface area contributed by atoms with Crippen LogP contribution in [0.4, 0.5) is 18.9 Å². The Balaban J connectivity index is 1.91. The Bertz CT molecular complexity index is 1030. The summed E-state index contributed by atoms with van der Waals surface area (Å²) in [4.78, 5) is 24.0. The number of hydrogen-bond donors (Lipinski definition) is 1. The summed E-state index contributed by atoms with van der Waals surface area (Å²) in [5.41, 5.74) is 0.219. The lowest BCUT2D eigenvalue weighted by molar-refractivity contribution is -0.274. The molecule has 0 unspecified atom stereocenters. The van der Waals surface area contributed by atoms with E-state index in [9.17, 15) is 31.2 Å². The molecule has 0 aliphatic carbocycles. The van der Waals surface area contributed by atoms with Crippen LogP contribution in [0.25, 0.3) is 0 Å². The van der Waals surface area contributed by atoms with Crippen molar-refractivity contribution in [2.45, 2.75) is 25.1 Å². The van der Waals surface area contributed by atoms with Crippen molar-refractivity contribution >= 4 is 27.6 Å². The highest BCUT2D eigenvalue weighted by Gasteiger charge is 2.31. The van der Waals surface area contributed by atoms with Crippen LogP contribution in [0.15, 0.2) is 53.4 Å². The molecule has 0 saturated heterocycles. The number of carbonyl (C=O) groups is 2. The van der Waals surface area contributed by atoms with Gasteiger partial charge < -0.3 is 14.8 Å². The first-order chi connectivity index (χ1) is 15.0. The third-order valence-electron chi connectivity index (χ3n) is 4.14. The van der Waals surface area contributed by atoms with E-state index in [0.717, 1.165) is 12.1 Å². The van der Waals surface area contributed by atoms with Crippen LogP contribution in [0.2, 0.25) is 0 Å². The van der Waals surface area contributed by atoms with Gasteiger partial charge in [0.05, 0.1) is 10.5 Å². The van der Waals surface area contributed by atoms with Gasteiger partial charge in [0.15, 0.2) is 6.61 Å². The zero-order valence-corrected chi connectivity index (χ0v) is 18.0. The molecule has 174 valence electrons. The van der Waals surface area contributed by atoms with Gasteiger partial charge in [-0.05, 0) is 48.5 Å². The molecule has 0 aliphatic heterocycles. The number of esters is 1. The Morgan fingerprint density at radius 3 is 2.03 bits per heavy atom. The van der Waals surface area contributed by atoms with Crippen LogP contribution in [0, 0.1) is 0 Å². The number of nitrogens with zero attached hydrogens (tertiary/aromatic N) is 1. The molecule has 0 bridgehead atoms. The average Bonchev–Trinajstić information content (AvgIpc) is 2.73. The molecule has 1 N–H and O–H groups in total. The van der Waals surface area contributed by atoms with Gasteiger partial charge in [0.1, 0.15) is 5.75 Å². The molecule has 0 heterocycles. The molecule has 0 aromatic heterocycles. The smallest absolute Gasteiger partial charge is 0.452 e. The van der Waals surface area contributed by atoms with Crippen LogP contribution < -0.4 is 10.1 Å². The van der Waals surface area contributed by atoms with Crippen LogP contribution in [0.5, 0.6) is 5.75 Å². The van der Waals surface area contributed by atoms with Crippen LogP contribution in [0.1, 0.15) is 24.2 Å². The van der Waals surface area contributed by atoms with Gasteiger partial charge in [0.2, 0.25) is 10.0 Å².